The summed E-state index contributed by atoms with van der Waals surface area (Å²) in [7, 11) is 0. The first-order valence-corrected chi connectivity index (χ1v) is 6.63. The van der Waals surface area contributed by atoms with Crippen LogP contribution in [0.3, 0.4) is 0 Å². The molecule has 1 N–H and O–H groups in total. The van der Waals surface area contributed by atoms with Crippen LogP contribution >= 0.6 is 0 Å². The van der Waals surface area contributed by atoms with Gasteiger partial charge in [-0.2, -0.15) is 9.78 Å². The van der Waals surface area contributed by atoms with Gasteiger partial charge in [-0.15, -0.1) is 0 Å². The molecule has 0 amide bonds. The van der Waals surface area contributed by atoms with Gasteiger partial charge in [0.1, 0.15) is 0 Å². The third kappa shape index (κ3) is 2.59. The van der Waals surface area contributed by atoms with Gasteiger partial charge >= 0.3 is 5.97 Å². The Hall–Kier alpha value is -1.03. The number of carbonyl (C=O) groups is 1. The van der Waals surface area contributed by atoms with E-state index in [1.165, 1.54) is 26.0 Å². The van der Waals surface area contributed by atoms with E-state index in [9.17, 15) is 9.90 Å². The van der Waals surface area contributed by atoms with Crippen LogP contribution in [0.2, 0.25) is 0 Å². The van der Waals surface area contributed by atoms with Gasteiger partial charge in [0.2, 0.25) is 5.79 Å². The number of rotatable bonds is 1. The maximum atomic E-state index is 11.4. The Morgan fingerprint density at radius 3 is 2.43 bits per heavy atom. The standard InChI is InChI=1S/C13H18O8/c1-7(14)16-9-8-10(18-11(2,3)17-8)19-13(9)6-5-12(4,15)20-21-13/h5-6,8-10,15H,1-4H3/t8-,9-,10+,12?,13-/m1/s1. The molecule has 8 nitrogen and oxygen atoms in total. The molecule has 0 saturated carbocycles. The lowest BCUT2D eigenvalue weighted by atomic mass is 10.0. The Morgan fingerprint density at radius 2 is 1.86 bits per heavy atom. The highest BCUT2D eigenvalue weighted by Gasteiger charge is 2.66. The Kier molecular flexibility index (Phi) is 3.18. The third-order valence-electron chi connectivity index (χ3n) is 3.34. The lowest BCUT2D eigenvalue weighted by Gasteiger charge is -2.37. The average molecular weight is 302 g/mol. The van der Waals surface area contributed by atoms with Crippen molar-refractivity contribution in [1.29, 1.82) is 0 Å². The van der Waals surface area contributed by atoms with Crippen LogP contribution in [0.5, 0.6) is 0 Å². The summed E-state index contributed by atoms with van der Waals surface area (Å²) in [5, 5.41) is 9.71. The number of hydrogen-bond acceptors (Lipinski definition) is 8. The Labute approximate surface area is 121 Å². The van der Waals surface area contributed by atoms with Crippen molar-refractivity contribution in [1.82, 2.24) is 0 Å². The minimum absolute atomic E-state index is 0.522. The third-order valence-corrected chi connectivity index (χ3v) is 3.34. The number of aliphatic hydroxyl groups is 1. The van der Waals surface area contributed by atoms with Crippen LogP contribution in [-0.2, 0) is 33.5 Å². The SMILES string of the molecule is CC(=O)O[C@@H]1[C@H]2OC(C)(C)O[C@H]2O[C@@]12C=CC(C)(O)OO2. The molecule has 0 aromatic heterocycles. The quantitative estimate of drug-likeness (QED) is 0.421. The van der Waals surface area contributed by atoms with E-state index < -0.39 is 41.8 Å². The molecule has 3 rings (SSSR count). The molecule has 21 heavy (non-hydrogen) atoms. The number of hydrogen-bond donors (Lipinski definition) is 1. The van der Waals surface area contributed by atoms with Gasteiger partial charge in [0, 0.05) is 6.92 Å². The molecule has 8 heteroatoms. The number of ether oxygens (including phenoxy) is 4. The molecule has 0 bridgehead atoms. The largest absolute Gasteiger partial charge is 0.453 e. The van der Waals surface area contributed by atoms with E-state index in [0.717, 1.165) is 0 Å². The molecular formula is C13H18O8. The first-order valence-electron chi connectivity index (χ1n) is 6.63. The summed E-state index contributed by atoms with van der Waals surface area (Å²) in [5.74, 6) is -4.49. The van der Waals surface area contributed by atoms with E-state index in [2.05, 4.69) is 0 Å². The van der Waals surface area contributed by atoms with E-state index in [1.807, 2.05) is 0 Å². The second kappa shape index (κ2) is 4.48. The summed E-state index contributed by atoms with van der Waals surface area (Å²) in [5.41, 5.74) is 0. The van der Waals surface area contributed by atoms with Crippen LogP contribution in [-0.4, -0.2) is 46.9 Å². The number of fused-ring (bicyclic) bond motifs is 1. The zero-order valence-electron chi connectivity index (χ0n) is 12.2. The van der Waals surface area contributed by atoms with Gasteiger partial charge in [-0.1, -0.05) is 0 Å². The van der Waals surface area contributed by atoms with Gasteiger partial charge in [-0.05, 0) is 32.9 Å². The Bertz CT molecular complexity index is 485. The van der Waals surface area contributed by atoms with Crippen molar-refractivity contribution in [2.45, 2.75) is 63.6 Å². The fourth-order valence-corrected chi connectivity index (χ4v) is 2.54. The fourth-order valence-electron chi connectivity index (χ4n) is 2.54. The highest BCUT2D eigenvalue weighted by atomic mass is 17.3. The normalized spacial score (nSPS) is 47.6. The maximum absolute atomic E-state index is 11.4. The number of carbonyl (C=O) groups excluding carboxylic acids is 1. The van der Waals surface area contributed by atoms with Crippen molar-refractivity contribution in [2.24, 2.45) is 0 Å². The molecule has 3 heterocycles. The van der Waals surface area contributed by atoms with E-state index in [-0.39, 0.29) is 0 Å². The Balaban J connectivity index is 1.90. The van der Waals surface area contributed by atoms with Crippen LogP contribution in [0.4, 0.5) is 0 Å². The molecule has 3 aliphatic heterocycles. The molecule has 0 radical (unpaired) electrons. The first kappa shape index (κ1) is 14.9. The Morgan fingerprint density at radius 1 is 1.14 bits per heavy atom. The summed E-state index contributed by atoms with van der Waals surface area (Å²) in [6.45, 7) is 6.12. The molecule has 3 aliphatic rings. The molecule has 0 aromatic carbocycles. The van der Waals surface area contributed by atoms with Crippen molar-refractivity contribution in [3.05, 3.63) is 12.2 Å². The van der Waals surface area contributed by atoms with E-state index in [4.69, 9.17) is 28.7 Å². The number of esters is 1. The molecule has 0 aromatic rings. The monoisotopic (exact) mass is 302 g/mol. The van der Waals surface area contributed by atoms with Crippen LogP contribution in [0, 0.1) is 0 Å². The predicted molar refractivity (Wildman–Crippen MR) is 65.1 cm³/mol. The summed E-state index contributed by atoms with van der Waals surface area (Å²) in [4.78, 5) is 21.4. The lowest BCUT2D eigenvalue weighted by Crippen LogP contribution is -2.52. The molecule has 0 aliphatic carbocycles. The lowest BCUT2D eigenvalue weighted by molar-refractivity contribution is -0.494. The van der Waals surface area contributed by atoms with E-state index >= 15 is 0 Å². The topological polar surface area (TPSA) is 92.7 Å². The maximum Gasteiger partial charge on any atom is 0.303 e. The second-order valence-electron chi connectivity index (χ2n) is 5.89. The molecule has 5 atom stereocenters. The first-order chi connectivity index (χ1) is 9.63. The molecule has 2 saturated heterocycles. The van der Waals surface area contributed by atoms with Crippen molar-refractivity contribution < 1.29 is 38.6 Å². The summed E-state index contributed by atoms with van der Waals surface area (Å²) >= 11 is 0. The van der Waals surface area contributed by atoms with Crippen molar-refractivity contribution >= 4 is 5.97 Å². The summed E-state index contributed by atoms with van der Waals surface area (Å²) in [6, 6.07) is 0. The van der Waals surface area contributed by atoms with Crippen LogP contribution in [0.15, 0.2) is 12.2 Å². The van der Waals surface area contributed by atoms with Crippen LogP contribution in [0.25, 0.3) is 0 Å². The minimum Gasteiger partial charge on any atom is -0.453 e. The molecule has 118 valence electrons. The summed E-state index contributed by atoms with van der Waals surface area (Å²) < 4.78 is 22.3. The molecule has 1 unspecified atom stereocenters. The van der Waals surface area contributed by atoms with E-state index in [0.29, 0.717) is 0 Å². The molecule has 2 fully saturated rings. The van der Waals surface area contributed by atoms with Crippen molar-refractivity contribution in [3.8, 4) is 0 Å². The van der Waals surface area contributed by atoms with Gasteiger partial charge < -0.3 is 24.1 Å². The molecular weight excluding hydrogens is 284 g/mol. The van der Waals surface area contributed by atoms with E-state index in [1.54, 1.807) is 13.8 Å². The predicted octanol–water partition coefficient (Wildman–Crippen LogP) is 0.349. The zero-order chi connectivity index (χ0) is 15.5. The molecule has 1 spiro atoms. The minimum atomic E-state index is -1.59. The second-order valence-corrected chi connectivity index (χ2v) is 5.89. The fraction of sp³-hybridized carbons (Fsp3) is 0.769. The zero-order valence-corrected chi connectivity index (χ0v) is 12.2. The van der Waals surface area contributed by atoms with Gasteiger partial charge in [-0.25, -0.2) is 0 Å². The van der Waals surface area contributed by atoms with Crippen LogP contribution < -0.4 is 0 Å². The highest BCUT2D eigenvalue weighted by Crippen LogP contribution is 2.46. The van der Waals surface area contributed by atoms with Gasteiger partial charge in [0.25, 0.3) is 5.79 Å². The van der Waals surface area contributed by atoms with Gasteiger partial charge in [-0.3, -0.25) is 4.79 Å². The van der Waals surface area contributed by atoms with Crippen LogP contribution in [0.1, 0.15) is 27.7 Å². The average Bonchev–Trinajstić information content (AvgIpc) is 2.76. The van der Waals surface area contributed by atoms with Gasteiger partial charge in [0.15, 0.2) is 24.3 Å². The highest BCUT2D eigenvalue weighted by molar-refractivity contribution is 5.66. The summed E-state index contributed by atoms with van der Waals surface area (Å²) in [6.07, 6.45) is 0.413. The van der Waals surface area contributed by atoms with Gasteiger partial charge in [0.05, 0.1) is 0 Å². The van der Waals surface area contributed by atoms with Crippen molar-refractivity contribution in [3.63, 3.8) is 0 Å². The smallest absolute Gasteiger partial charge is 0.303 e. The van der Waals surface area contributed by atoms with Crippen molar-refractivity contribution in [2.75, 3.05) is 0 Å².